The highest BCUT2D eigenvalue weighted by molar-refractivity contribution is 8.01. The average molecular weight is 267 g/mol. The minimum absolute atomic E-state index is 0.474. The first-order chi connectivity index (χ1) is 8.19. The van der Waals surface area contributed by atoms with Gasteiger partial charge in [0.2, 0.25) is 0 Å². The van der Waals surface area contributed by atoms with Crippen LogP contribution in [0.2, 0.25) is 0 Å². The molecule has 0 bridgehead atoms. The maximum absolute atomic E-state index is 9.62. The second-order valence-electron chi connectivity index (χ2n) is 3.53. The van der Waals surface area contributed by atoms with E-state index in [-0.39, 0.29) is 0 Å². The Morgan fingerprint density at radius 3 is 2.76 bits per heavy atom. The van der Waals surface area contributed by atoms with E-state index in [0.717, 1.165) is 14.2 Å². The zero-order chi connectivity index (χ0) is 12.3. The Balaban J connectivity index is 2.08. The zero-order valence-electron chi connectivity index (χ0n) is 9.62. The van der Waals surface area contributed by atoms with Crippen molar-refractivity contribution in [2.75, 3.05) is 0 Å². The average Bonchev–Trinajstić information content (AvgIpc) is 2.75. The van der Waals surface area contributed by atoms with Crippen LogP contribution in [0.15, 0.2) is 27.6 Å². The van der Waals surface area contributed by atoms with Crippen LogP contribution in [0.4, 0.5) is 0 Å². The summed E-state index contributed by atoms with van der Waals surface area (Å²) in [5.74, 6) is 0. The number of aliphatic hydroxyl groups excluding tert-OH is 1. The van der Waals surface area contributed by atoms with Crippen molar-refractivity contribution >= 4 is 23.1 Å². The molecule has 6 heteroatoms. The Morgan fingerprint density at radius 1 is 1.41 bits per heavy atom. The van der Waals surface area contributed by atoms with Crippen molar-refractivity contribution in [1.82, 2.24) is 15.2 Å². The first-order valence-corrected chi connectivity index (χ1v) is 6.94. The Morgan fingerprint density at radius 2 is 2.24 bits per heavy atom. The lowest BCUT2D eigenvalue weighted by atomic mass is 10.2. The maximum Gasteiger partial charge on any atom is 0.179 e. The number of hydrogen-bond donors (Lipinski definition) is 1. The van der Waals surface area contributed by atoms with Crippen LogP contribution in [0, 0.1) is 6.92 Å². The van der Waals surface area contributed by atoms with Crippen molar-refractivity contribution in [3.05, 3.63) is 29.0 Å². The molecule has 2 heterocycles. The molecule has 90 valence electrons. The number of aryl methyl sites for hydroxylation is 1. The Hall–Kier alpha value is -0.980. The van der Waals surface area contributed by atoms with Crippen LogP contribution in [0.3, 0.4) is 0 Å². The molecule has 0 aliphatic heterocycles. The van der Waals surface area contributed by atoms with Crippen LogP contribution >= 0.6 is 23.1 Å². The number of aliphatic hydroxyl groups is 1. The lowest BCUT2D eigenvalue weighted by Crippen LogP contribution is -1.97. The van der Waals surface area contributed by atoms with Gasteiger partial charge in [-0.15, -0.1) is 10.2 Å². The summed E-state index contributed by atoms with van der Waals surface area (Å²) in [6.45, 7) is 3.86. The van der Waals surface area contributed by atoms with Gasteiger partial charge in [-0.3, -0.25) is 4.98 Å². The van der Waals surface area contributed by atoms with Crippen molar-refractivity contribution in [3.8, 4) is 0 Å². The van der Waals surface area contributed by atoms with Crippen LogP contribution in [-0.2, 0) is 0 Å². The summed E-state index contributed by atoms with van der Waals surface area (Å²) in [6.07, 6.45) is 1.96. The lowest BCUT2D eigenvalue weighted by molar-refractivity contribution is 0.169. The van der Waals surface area contributed by atoms with Crippen LogP contribution in [0.5, 0.6) is 0 Å². The molecule has 0 aromatic carbocycles. The molecule has 0 radical (unpaired) electrons. The topological polar surface area (TPSA) is 58.9 Å². The van der Waals surface area contributed by atoms with Gasteiger partial charge in [0, 0.05) is 11.1 Å². The summed E-state index contributed by atoms with van der Waals surface area (Å²) in [4.78, 5) is 5.25. The first-order valence-electron chi connectivity index (χ1n) is 5.31. The molecule has 2 aromatic rings. The van der Waals surface area contributed by atoms with Crippen molar-refractivity contribution < 1.29 is 5.11 Å². The molecule has 17 heavy (non-hydrogen) atoms. The Kier molecular flexibility index (Phi) is 4.09. The largest absolute Gasteiger partial charge is 0.387 e. The van der Waals surface area contributed by atoms with Gasteiger partial charge in [-0.1, -0.05) is 30.0 Å². The van der Waals surface area contributed by atoms with E-state index in [0.29, 0.717) is 12.1 Å². The van der Waals surface area contributed by atoms with Crippen LogP contribution in [-0.4, -0.2) is 20.3 Å². The zero-order valence-corrected chi connectivity index (χ0v) is 11.3. The molecule has 1 atom stereocenters. The molecule has 4 nitrogen and oxygen atoms in total. The summed E-state index contributed by atoms with van der Waals surface area (Å²) in [6, 6.07) is 3.80. The van der Waals surface area contributed by atoms with Crippen molar-refractivity contribution in [1.29, 1.82) is 0 Å². The van der Waals surface area contributed by atoms with Gasteiger partial charge in [-0.2, -0.15) is 0 Å². The SMILES string of the molecule is CCC(O)c1ccc(Sc2nnc(C)s2)cn1. The minimum atomic E-state index is -0.474. The fourth-order valence-corrected chi connectivity index (χ4v) is 3.04. The van der Waals surface area contributed by atoms with E-state index in [9.17, 15) is 5.11 Å². The second kappa shape index (κ2) is 5.57. The molecule has 2 aromatic heterocycles. The highest BCUT2D eigenvalue weighted by Gasteiger charge is 2.07. The van der Waals surface area contributed by atoms with Crippen LogP contribution in [0.25, 0.3) is 0 Å². The molecular formula is C11H13N3OS2. The van der Waals surface area contributed by atoms with Crippen molar-refractivity contribution in [2.45, 2.75) is 35.6 Å². The Bertz CT molecular complexity index is 484. The minimum Gasteiger partial charge on any atom is -0.387 e. The summed E-state index contributed by atoms with van der Waals surface area (Å²) in [7, 11) is 0. The number of hydrogen-bond acceptors (Lipinski definition) is 6. The molecule has 0 saturated heterocycles. The van der Waals surface area contributed by atoms with Gasteiger partial charge in [-0.25, -0.2) is 0 Å². The molecular weight excluding hydrogens is 254 g/mol. The summed E-state index contributed by atoms with van der Waals surface area (Å²) in [5, 5.41) is 18.6. The fourth-order valence-electron chi connectivity index (χ4n) is 1.28. The first kappa shape index (κ1) is 12.5. The van der Waals surface area contributed by atoms with Crippen molar-refractivity contribution in [3.63, 3.8) is 0 Å². The third-order valence-corrected chi connectivity index (χ3v) is 4.07. The maximum atomic E-state index is 9.62. The van der Waals surface area contributed by atoms with E-state index in [2.05, 4.69) is 15.2 Å². The molecule has 0 aliphatic rings. The summed E-state index contributed by atoms with van der Waals surface area (Å²) >= 11 is 3.10. The van der Waals surface area contributed by atoms with E-state index in [1.54, 1.807) is 17.5 Å². The van der Waals surface area contributed by atoms with E-state index >= 15 is 0 Å². The van der Waals surface area contributed by atoms with E-state index in [1.807, 2.05) is 26.0 Å². The van der Waals surface area contributed by atoms with Gasteiger partial charge in [-0.05, 0) is 25.5 Å². The van der Waals surface area contributed by atoms with Crippen molar-refractivity contribution in [2.24, 2.45) is 0 Å². The highest BCUT2D eigenvalue weighted by Crippen LogP contribution is 2.29. The van der Waals surface area contributed by atoms with Gasteiger partial charge < -0.3 is 5.11 Å². The predicted molar refractivity (Wildman–Crippen MR) is 68.3 cm³/mol. The number of rotatable bonds is 4. The summed E-state index contributed by atoms with van der Waals surface area (Å²) < 4.78 is 0.910. The third kappa shape index (κ3) is 3.24. The molecule has 2 rings (SSSR count). The van der Waals surface area contributed by atoms with Crippen LogP contribution < -0.4 is 0 Å². The number of nitrogens with zero attached hydrogens (tertiary/aromatic N) is 3. The van der Waals surface area contributed by atoms with Gasteiger partial charge >= 0.3 is 0 Å². The lowest BCUT2D eigenvalue weighted by Gasteiger charge is -2.06. The summed E-state index contributed by atoms with van der Waals surface area (Å²) in [5.41, 5.74) is 0.713. The van der Waals surface area contributed by atoms with Crippen LogP contribution in [0.1, 0.15) is 30.2 Å². The number of aromatic nitrogens is 3. The second-order valence-corrected chi connectivity index (χ2v) is 6.03. The molecule has 0 amide bonds. The normalized spacial score (nSPS) is 12.6. The fraction of sp³-hybridized carbons (Fsp3) is 0.364. The van der Waals surface area contributed by atoms with Gasteiger partial charge in [0.15, 0.2) is 4.34 Å². The van der Waals surface area contributed by atoms with Gasteiger partial charge in [0.1, 0.15) is 5.01 Å². The van der Waals surface area contributed by atoms with E-state index in [1.165, 1.54) is 11.8 Å². The number of pyridine rings is 1. The van der Waals surface area contributed by atoms with E-state index < -0.39 is 6.10 Å². The van der Waals surface area contributed by atoms with Gasteiger partial charge in [0.25, 0.3) is 0 Å². The quantitative estimate of drug-likeness (QED) is 0.923. The monoisotopic (exact) mass is 267 g/mol. The molecule has 0 fully saturated rings. The molecule has 0 spiro atoms. The standard InChI is InChI=1S/C11H13N3OS2/c1-3-10(15)9-5-4-8(6-12-9)17-11-14-13-7(2)16-11/h4-6,10,15H,3H2,1-2H3. The smallest absolute Gasteiger partial charge is 0.179 e. The molecule has 1 unspecified atom stereocenters. The highest BCUT2D eigenvalue weighted by atomic mass is 32.2. The molecule has 0 aliphatic carbocycles. The van der Waals surface area contributed by atoms with Gasteiger partial charge in [0.05, 0.1) is 11.8 Å². The Labute approximate surface area is 108 Å². The van der Waals surface area contributed by atoms with E-state index in [4.69, 9.17) is 0 Å². The molecule has 1 N–H and O–H groups in total. The third-order valence-electron chi connectivity index (χ3n) is 2.20. The molecule has 0 saturated carbocycles. The predicted octanol–water partition coefficient (Wildman–Crippen LogP) is 2.84.